The topological polar surface area (TPSA) is 46.5 Å². The smallest absolute Gasteiger partial charge is 0.305 e. The minimum Gasteiger partial charge on any atom is -0.469 e. The molecule has 0 aliphatic heterocycles. The predicted octanol–water partition coefficient (Wildman–Crippen LogP) is 2.45. The number of methoxy groups -OCH3 is 1. The van der Waals surface area contributed by atoms with Gasteiger partial charge in [0.25, 0.3) is 0 Å². The van der Waals surface area contributed by atoms with Crippen LogP contribution in [0.5, 0.6) is 0 Å². The average molecular weight is 236 g/mol. The number of hydrogen-bond acceptors (Lipinski definition) is 3. The highest BCUT2D eigenvalue weighted by molar-refractivity contribution is 5.69. The molecule has 0 atom stereocenters. The fourth-order valence-corrected chi connectivity index (χ4v) is 1.23. The van der Waals surface area contributed by atoms with Crippen LogP contribution >= 0.6 is 0 Å². The van der Waals surface area contributed by atoms with E-state index in [0.29, 0.717) is 12.8 Å². The van der Waals surface area contributed by atoms with Gasteiger partial charge in [-0.05, 0) is 17.5 Å². The monoisotopic (exact) mass is 236 g/mol. The Bertz CT molecular complexity index is 342. The van der Waals surface area contributed by atoms with Crippen LogP contribution in [0.1, 0.15) is 36.8 Å². The lowest BCUT2D eigenvalue weighted by Crippen LogP contribution is -2.02. The summed E-state index contributed by atoms with van der Waals surface area (Å²) in [4.78, 5) is 10.9. The van der Waals surface area contributed by atoms with Crippen molar-refractivity contribution in [2.24, 2.45) is 0 Å². The number of hydrogen-bond donors (Lipinski definition) is 1. The molecule has 1 fully saturated rings. The molecule has 0 aromatic heterocycles. The Hall–Kier alpha value is -1.35. The number of esters is 1. The second-order valence-corrected chi connectivity index (χ2v) is 4.11. The first-order valence-corrected chi connectivity index (χ1v) is 6.01. The van der Waals surface area contributed by atoms with Crippen LogP contribution in [-0.4, -0.2) is 18.2 Å². The number of ether oxygens (including phenoxy) is 1. The molecular weight excluding hydrogens is 216 g/mol. The molecule has 0 saturated heterocycles. The minimum atomic E-state index is -0.209. The van der Waals surface area contributed by atoms with Crippen LogP contribution < -0.4 is 0 Å². The zero-order valence-electron chi connectivity index (χ0n) is 10.3. The zero-order valence-corrected chi connectivity index (χ0v) is 10.3. The van der Waals surface area contributed by atoms with Gasteiger partial charge in [0.1, 0.15) is 0 Å². The van der Waals surface area contributed by atoms with Crippen molar-refractivity contribution in [1.82, 2.24) is 0 Å². The van der Waals surface area contributed by atoms with Gasteiger partial charge in [0, 0.05) is 6.42 Å². The van der Waals surface area contributed by atoms with Gasteiger partial charge in [-0.2, -0.15) is 0 Å². The van der Waals surface area contributed by atoms with Crippen LogP contribution in [0.2, 0.25) is 0 Å². The molecule has 3 nitrogen and oxygen atoms in total. The molecule has 1 aliphatic carbocycles. The van der Waals surface area contributed by atoms with Gasteiger partial charge in [0.2, 0.25) is 0 Å². The normalized spacial score (nSPS) is 12.4. The standard InChI is InChI=1S/C11H14O3.C3H6/c1-14-11(13)6-5-9-3-2-4-10(7-9)8-12;1-2-3-1/h2-4,7,12H,5-6,8H2,1H3;1-3H2. The maximum absolute atomic E-state index is 10.9. The third kappa shape index (κ3) is 6.74. The summed E-state index contributed by atoms with van der Waals surface area (Å²) in [5.41, 5.74) is 1.91. The van der Waals surface area contributed by atoms with Gasteiger partial charge >= 0.3 is 5.97 Å². The molecule has 17 heavy (non-hydrogen) atoms. The maximum atomic E-state index is 10.9. The number of aryl methyl sites for hydroxylation is 1. The van der Waals surface area contributed by atoms with Crippen LogP contribution in [0.25, 0.3) is 0 Å². The Balaban J connectivity index is 0.000000415. The molecule has 0 spiro atoms. The summed E-state index contributed by atoms with van der Waals surface area (Å²) in [6, 6.07) is 7.55. The third-order valence-corrected chi connectivity index (χ3v) is 2.37. The first kappa shape index (κ1) is 13.7. The first-order chi connectivity index (χ1) is 8.26. The van der Waals surface area contributed by atoms with Gasteiger partial charge in [-0.1, -0.05) is 43.5 Å². The van der Waals surface area contributed by atoms with Crippen LogP contribution in [0.4, 0.5) is 0 Å². The van der Waals surface area contributed by atoms with E-state index < -0.39 is 0 Å². The molecular formula is C14H20O3. The van der Waals surface area contributed by atoms with Gasteiger partial charge in [0.15, 0.2) is 0 Å². The zero-order chi connectivity index (χ0) is 12.5. The van der Waals surface area contributed by atoms with E-state index in [0.717, 1.165) is 11.1 Å². The molecule has 1 aromatic carbocycles. The molecule has 1 N–H and O–H groups in total. The average Bonchev–Trinajstić information content (AvgIpc) is 3.24. The van der Waals surface area contributed by atoms with E-state index in [9.17, 15) is 4.79 Å². The number of aliphatic hydroxyl groups is 1. The predicted molar refractivity (Wildman–Crippen MR) is 66.6 cm³/mol. The van der Waals surface area contributed by atoms with E-state index in [1.165, 1.54) is 26.4 Å². The Labute approximate surface area is 102 Å². The first-order valence-electron chi connectivity index (χ1n) is 6.01. The Kier molecular flexibility index (Phi) is 6.33. The Morgan fingerprint density at radius 3 is 2.47 bits per heavy atom. The summed E-state index contributed by atoms with van der Waals surface area (Å²) < 4.78 is 4.54. The molecule has 0 bridgehead atoms. The number of aliphatic hydroxyl groups excluding tert-OH is 1. The van der Waals surface area contributed by atoms with E-state index in [1.54, 1.807) is 0 Å². The molecule has 0 radical (unpaired) electrons. The molecule has 0 heterocycles. The quantitative estimate of drug-likeness (QED) is 0.817. The number of carbonyl (C=O) groups is 1. The van der Waals surface area contributed by atoms with Crippen LogP contribution in [0.15, 0.2) is 24.3 Å². The lowest BCUT2D eigenvalue weighted by molar-refractivity contribution is -0.140. The van der Waals surface area contributed by atoms with Crippen LogP contribution in [0, 0.1) is 0 Å². The Morgan fingerprint density at radius 2 is 1.94 bits per heavy atom. The maximum Gasteiger partial charge on any atom is 0.305 e. The van der Waals surface area contributed by atoms with E-state index in [-0.39, 0.29) is 12.6 Å². The van der Waals surface area contributed by atoms with Gasteiger partial charge in [-0.3, -0.25) is 4.79 Å². The highest BCUT2D eigenvalue weighted by Gasteiger charge is 2.01. The molecule has 1 saturated carbocycles. The van der Waals surface area contributed by atoms with Crippen molar-refractivity contribution in [1.29, 1.82) is 0 Å². The molecule has 2 rings (SSSR count). The summed E-state index contributed by atoms with van der Waals surface area (Å²) in [5, 5.41) is 8.89. The molecule has 1 aromatic rings. The molecule has 1 aliphatic rings. The summed E-state index contributed by atoms with van der Waals surface area (Å²) in [7, 11) is 1.38. The summed E-state index contributed by atoms with van der Waals surface area (Å²) in [6.45, 7) is 0.0338. The lowest BCUT2D eigenvalue weighted by atomic mass is 10.1. The largest absolute Gasteiger partial charge is 0.469 e. The SMILES string of the molecule is C1CC1.COC(=O)CCc1cccc(CO)c1. The third-order valence-electron chi connectivity index (χ3n) is 2.37. The summed E-state index contributed by atoms with van der Waals surface area (Å²) in [6.07, 6.45) is 5.53. The van der Waals surface area contributed by atoms with Crippen LogP contribution in [-0.2, 0) is 22.6 Å². The second kappa shape index (κ2) is 7.85. The summed E-state index contributed by atoms with van der Waals surface area (Å²) in [5.74, 6) is -0.209. The number of benzene rings is 1. The van der Waals surface area contributed by atoms with Crippen molar-refractivity contribution in [3.8, 4) is 0 Å². The van der Waals surface area contributed by atoms with Crippen molar-refractivity contribution in [2.75, 3.05) is 7.11 Å². The van der Waals surface area contributed by atoms with Gasteiger partial charge in [-0.25, -0.2) is 0 Å². The highest BCUT2D eigenvalue weighted by atomic mass is 16.5. The molecule has 0 amide bonds. The summed E-state index contributed by atoms with van der Waals surface area (Å²) >= 11 is 0. The van der Waals surface area contributed by atoms with Gasteiger partial charge in [-0.15, -0.1) is 0 Å². The lowest BCUT2D eigenvalue weighted by Gasteiger charge is -2.02. The van der Waals surface area contributed by atoms with E-state index in [2.05, 4.69) is 4.74 Å². The van der Waals surface area contributed by atoms with E-state index in [1.807, 2.05) is 24.3 Å². The fourth-order valence-electron chi connectivity index (χ4n) is 1.23. The van der Waals surface area contributed by atoms with E-state index in [4.69, 9.17) is 5.11 Å². The molecule has 0 unspecified atom stereocenters. The molecule has 3 heteroatoms. The second-order valence-electron chi connectivity index (χ2n) is 4.11. The highest BCUT2D eigenvalue weighted by Crippen LogP contribution is 2.14. The number of carbonyl (C=O) groups excluding carboxylic acids is 1. The number of rotatable bonds is 4. The van der Waals surface area contributed by atoms with Gasteiger partial charge in [0.05, 0.1) is 13.7 Å². The minimum absolute atomic E-state index is 0.0338. The molecule has 94 valence electrons. The van der Waals surface area contributed by atoms with E-state index >= 15 is 0 Å². The Morgan fingerprint density at radius 1 is 1.29 bits per heavy atom. The van der Waals surface area contributed by atoms with Crippen molar-refractivity contribution >= 4 is 5.97 Å². The van der Waals surface area contributed by atoms with Gasteiger partial charge < -0.3 is 9.84 Å². The van der Waals surface area contributed by atoms with Crippen molar-refractivity contribution in [2.45, 2.75) is 38.7 Å². The van der Waals surface area contributed by atoms with Crippen LogP contribution in [0.3, 0.4) is 0 Å². The van der Waals surface area contributed by atoms with Crippen molar-refractivity contribution in [3.63, 3.8) is 0 Å². The van der Waals surface area contributed by atoms with Crippen molar-refractivity contribution < 1.29 is 14.6 Å². The van der Waals surface area contributed by atoms with Crippen molar-refractivity contribution in [3.05, 3.63) is 35.4 Å². The fraction of sp³-hybridized carbons (Fsp3) is 0.500.